The van der Waals surface area contributed by atoms with Crippen LogP contribution in [0.3, 0.4) is 0 Å². The summed E-state index contributed by atoms with van der Waals surface area (Å²) in [6.07, 6.45) is 0. The van der Waals surface area contributed by atoms with E-state index in [0.717, 1.165) is 55.1 Å². The van der Waals surface area contributed by atoms with Crippen molar-refractivity contribution in [1.29, 1.82) is 5.26 Å². The van der Waals surface area contributed by atoms with Gasteiger partial charge in [-0.3, -0.25) is 4.57 Å². The van der Waals surface area contributed by atoms with Gasteiger partial charge in [-0.25, -0.2) is 9.97 Å². The molecule has 0 radical (unpaired) electrons. The zero-order chi connectivity index (χ0) is 37.2. The van der Waals surface area contributed by atoms with Crippen LogP contribution in [0.5, 0.6) is 0 Å². The quantitative estimate of drug-likeness (QED) is 0.178. The van der Waals surface area contributed by atoms with Gasteiger partial charge in [0.25, 0.3) is 0 Å². The predicted molar refractivity (Wildman–Crippen MR) is 229 cm³/mol. The molecule has 8 aromatic carbocycles. The van der Waals surface area contributed by atoms with Gasteiger partial charge in [0.1, 0.15) is 6.07 Å². The summed E-state index contributed by atoms with van der Waals surface area (Å²) in [6.45, 7) is 0. The second kappa shape index (κ2) is 12.7. The SMILES string of the molecule is N#Cc1nc(-n2c3ccccc3c3cc(-c4ccc(-c5ccc6c(c5)c5ccccc5n6-c5cccc(-c6ccccc6)c5)cc4)ccc32)nc2ccccc12. The molecule has 0 unspecified atom stereocenters. The zero-order valence-corrected chi connectivity index (χ0v) is 30.1. The Kier molecular flexibility index (Phi) is 7.16. The topological polar surface area (TPSA) is 59.4 Å². The van der Waals surface area contributed by atoms with E-state index >= 15 is 0 Å². The Morgan fingerprint density at radius 3 is 1.50 bits per heavy atom. The van der Waals surface area contributed by atoms with Crippen molar-refractivity contribution >= 4 is 54.5 Å². The summed E-state index contributed by atoms with van der Waals surface area (Å²) in [7, 11) is 0. The molecular weight excluding hydrogens is 683 g/mol. The van der Waals surface area contributed by atoms with E-state index in [4.69, 9.17) is 9.97 Å². The summed E-state index contributed by atoms with van der Waals surface area (Å²) < 4.78 is 4.45. The highest BCUT2D eigenvalue weighted by Gasteiger charge is 2.18. The molecule has 0 amide bonds. The third-order valence-corrected chi connectivity index (χ3v) is 11.0. The first-order valence-corrected chi connectivity index (χ1v) is 18.7. The molecule has 0 fully saturated rings. The van der Waals surface area contributed by atoms with Crippen LogP contribution in [-0.2, 0) is 0 Å². The van der Waals surface area contributed by atoms with Gasteiger partial charge in [-0.1, -0.05) is 127 Å². The Morgan fingerprint density at radius 1 is 0.357 bits per heavy atom. The minimum absolute atomic E-state index is 0.367. The lowest BCUT2D eigenvalue weighted by atomic mass is 9.98. The lowest BCUT2D eigenvalue weighted by molar-refractivity contribution is 1.00. The molecule has 3 aromatic heterocycles. The summed E-state index contributed by atoms with van der Waals surface area (Å²) in [4.78, 5) is 9.65. The molecule has 56 heavy (non-hydrogen) atoms. The van der Waals surface area contributed by atoms with E-state index in [-0.39, 0.29) is 0 Å². The van der Waals surface area contributed by atoms with Crippen molar-refractivity contribution in [2.45, 2.75) is 0 Å². The van der Waals surface area contributed by atoms with Crippen molar-refractivity contribution in [1.82, 2.24) is 19.1 Å². The molecule has 11 aromatic rings. The fourth-order valence-corrected chi connectivity index (χ4v) is 8.36. The number of aromatic nitrogens is 4. The average Bonchev–Trinajstić information content (AvgIpc) is 3.78. The largest absolute Gasteiger partial charge is 0.309 e. The van der Waals surface area contributed by atoms with Gasteiger partial charge in [-0.2, -0.15) is 5.26 Å². The third-order valence-electron chi connectivity index (χ3n) is 11.0. The zero-order valence-electron chi connectivity index (χ0n) is 30.1. The van der Waals surface area contributed by atoms with E-state index in [1.54, 1.807) is 0 Å². The van der Waals surface area contributed by atoms with Crippen molar-refractivity contribution in [3.63, 3.8) is 0 Å². The van der Waals surface area contributed by atoms with Gasteiger partial charge in [0.2, 0.25) is 5.95 Å². The van der Waals surface area contributed by atoms with Gasteiger partial charge in [-0.05, 0) is 94.0 Å². The molecule has 260 valence electrons. The maximum Gasteiger partial charge on any atom is 0.236 e. The van der Waals surface area contributed by atoms with E-state index in [0.29, 0.717) is 11.6 Å². The molecule has 0 spiro atoms. The van der Waals surface area contributed by atoms with Gasteiger partial charge in [0, 0.05) is 32.6 Å². The number of nitriles is 1. The highest BCUT2D eigenvalue weighted by molar-refractivity contribution is 6.11. The molecule has 0 atom stereocenters. The maximum atomic E-state index is 9.96. The van der Waals surface area contributed by atoms with Crippen LogP contribution in [0.15, 0.2) is 188 Å². The van der Waals surface area contributed by atoms with Crippen LogP contribution in [0, 0.1) is 11.3 Å². The number of para-hydroxylation sites is 3. The minimum atomic E-state index is 0.367. The van der Waals surface area contributed by atoms with Crippen molar-refractivity contribution in [2.75, 3.05) is 0 Å². The molecule has 0 saturated carbocycles. The van der Waals surface area contributed by atoms with E-state index in [9.17, 15) is 5.26 Å². The summed E-state index contributed by atoms with van der Waals surface area (Å²) in [5.74, 6) is 0.490. The third kappa shape index (κ3) is 5.01. The van der Waals surface area contributed by atoms with E-state index < -0.39 is 0 Å². The highest BCUT2D eigenvalue weighted by Crippen LogP contribution is 2.38. The Labute approximate surface area is 322 Å². The molecule has 3 heterocycles. The smallest absolute Gasteiger partial charge is 0.236 e. The van der Waals surface area contributed by atoms with Crippen molar-refractivity contribution in [3.05, 3.63) is 194 Å². The van der Waals surface area contributed by atoms with Crippen molar-refractivity contribution < 1.29 is 0 Å². The standard InChI is InChI=1S/C51H31N5/c52-32-46-42-17-4-7-18-45(42)53-51(54-46)56-48-20-9-6-16-41(48)44-31-38(26-28-50(44)56)35-23-21-34(22-24-35)37-25-27-49-43(30-37)40-15-5-8-19-47(40)55(49)39-14-10-13-36(29-39)33-11-2-1-3-12-33/h1-31H. The molecule has 0 aliphatic rings. The molecular formula is C51H31N5. The minimum Gasteiger partial charge on any atom is -0.309 e. The number of hydrogen-bond acceptors (Lipinski definition) is 3. The van der Waals surface area contributed by atoms with E-state index in [2.05, 4.69) is 173 Å². The Balaban J connectivity index is 0.976. The molecule has 0 saturated heterocycles. The van der Waals surface area contributed by atoms with Crippen LogP contribution in [0.1, 0.15) is 5.69 Å². The normalized spacial score (nSPS) is 11.6. The van der Waals surface area contributed by atoms with Gasteiger partial charge >= 0.3 is 0 Å². The van der Waals surface area contributed by atoms with Gasteiger partial charge in [0.05, 0.1) is 27.6 Å². The van der Waals surface area contributed by atoms with E-state index in [1.807, 2.05) is 30.3 Å². The molecule has 0 bridgehead atoms. The average molecular weight is 714 g/mol. The molecule has 5 nitrogen and oxygen atoms in total. The summed E-state index contributed by atoms with van der Waals surface area (Å²) in [5, 5.41) is 15.4. The monoisotopic (exact) mass is 713 g/mol. The Hall–Kier alpha value is -7.81. The molecule has 5 heteroatoms. The van der Waals surface area contributed by atoms with Crippen LogP contribution < -0.4 is 0 Å². The fraction of sp³-hybridized carbons (Fsp3) is 0. The van der Waals surface area contributed by atoms with Crippen LogP contribution in [0.25, 0.3) is 99.5 Å². The van der Waals surface area contributed by atoms with Crippen LogP contribution in [0.4, 0.5) is 0 Å². The number of hydrogen-bond donors (Lipinski definition) is 0. The second-order valence-electron chi connectivity index (χ2n) is 14.2. The number of rotatable bonds is 5. The van der Waals surface area contributed by atoms with Crippen molar-refractivity contribution in [3.8, 4) is 51.1 Å². The lowest BCUT2D eigenvalue weighted by Gasteiger charge is -2.11. The predicted octanol–water partition coefficient (Wildman–Crippen LogP) is 12.7. The van der Waals surface area contributed by atoms with Crippen molar-refractivity contribution in [2.24, 2.45) is 0 Å². The highest BCUT2D eigenvalue weighted by atomic mass is 15.2. The van der Waals surface area contributed by atoms with Crippen LogP contribution >= 0.6 is 0 Å². The summed E-state index contributed by atoms with van der Waals surface area (Å²) in [6, 6.07) is 68.6. The maximum absolute atomic E-state index is 9.96. The molecule has 0 aliphatic carbocycles. The number of fused-ring (bicyclic) bond motifs is 7. The Morgan fingerprint density at radius 2 is 0.839 bits per heavy atom. The second-order valence-corrected chi connectivity index (χ2v) is 14.2. The molecule has 0 aliphatic heterocycles. The van der Waals surface area contributed by atoms with Gasteiger partial charge in [0.15, 0.2) is 5.69 Å². The first kappa shape index (κ1) is 31.7. The van der Waals surface area contributed by atoms with E-state index in [1.165, 1.54) is 38.5 Å². The lowest BCUT2D eigenvalue weighted by Crippen LogP contribution is -2.03. The molecule has 11 rings (SSSR count). The van der Waals surface area contributed by atoms with Gasteiger partial charge in [-0.15, -0.1) is 0 Å². The Bertz CT molecular complexity index is 3370. The molecule has 0 N–H and O–H groups in total. The first-order chi connectivity index (χ1) is 27.7. The first-order valence-electron chi connectivity index (χ1n) is 18.7. The van der Waals surface area contributed by atoms with Crippen LogP contribution in [0.2, 0.25) is 0 Å². The fourth-order valence-electron chi connectivity index (χ4n) is 8.36. The number of benzene rings is 8. The summed E-state index contributed by atoms with van der Waals surface area (Å²) >= 11 is 0. The van der Waals surface area contributed by atoms with Crippen LogP contribution in [-0.4, -0.2) is 19.1 Å². The number of nitrogens with zero attached hydrogens (tertiary/aromatic N) is 5. The van der Waals surface area contributed by atoms with Gasteiger partial charge < -0.3 is 4.57 Å². The summed E-state index contributed by atoms with van der Waals surface area (Å²) in [5.41, 5.74) is 13.6.